The van der Waals surface area contributed by atoms with Crippen molar-refractivity contribution in [3.8, 4) is 0 Å². The molecule has 0 saturated carbocycles. The second kappa shape index (κ2) is 6.73. The Bertz CT molecular complexity index is 216. The van der Waals surface area contributed by atoms with Crippen LogP contribution in [0.5, 0.6) is 0 Å². The highest BCUT2D eigenvalue weighted by molar-refractivity contribution is 5.98. The molecule has 0 aromatic rings. The molecule has 0 aliphatic carbocycles. The molecule has 0 unspecified atom stereocenters. The highest BCUT2D eigenvalue weighted by Crippen LogP contribution is 2.16. The first-order valence-electron chi connectivity index (χ1n) is 4.49. The third kappa shape index (κ3) is 4.56. The van der Waals surface area contributed by atoms with E-state index in [1.54, 1.807) is 6.92 Å². The summed E-state index contributed by atoms with van der Waals surface area (Å²) in [5, 5.41) is 0. The molecule has 0 heterocycles. The molecule has 15 heavy (non-hydrogen) atoms. The number of methoxy groups -OCH3 is 2. The Labute approximate surface area is 92.9 Å². The lowest BCUT2D eigenvalue weighted by atomic mass is 10.3. The van der Waals surface area contributed by atoms with Gasteiger partial charge < -0.3 is 18.6 Å². The fourth-order valence-corrected chi connectivity index (χ4v) is 1.49. The molecule has 6 heteroatoms. The van der Waals surface area contributed by atoms with Crippen molar-refractivity contribution < 1.29 is 23.4 Å². The largest absolute Gasteiger partial charge is 0.462 e. The lowest BCUT2D eigenvalue weighted by molar-refractivity contribution is -0.327. The molecule has 0 amide bonds. The number of hydrogen-bond acceptors (Lipinski definition) is 5. The first-order valence-corrected chi connectivity index (χ1v) is 5.31. The lowest BCUT2D eigenvalue weighted by Gasteiger charge is -2.28. The average molecular weight is 234 g/mol. The zero-order valence-electron chi connectivity index (χ0n) is 9.66. The Kier molecular flexibility index (Phi) is 6.42. The first kappa shape index (κ1) is 14.3. The summed E-state index contributed by atoms with van der Waals surface area (Å²) in [4.78, 5) is 11.1. The van der Waals surface area contributed by atoms with Gasteiger partial charge in [-0.2, -0.15) is 0 Å². The number of esters is 1. The maximum absolute atomic E-state index is 11.1. The Morgan fingerprint density at radius 2 is 1.93 bits per heavy atom. The monoisotopic (exact) mass is 234 g/mol. The van der Waals surface area contributed by atoms with E-state index in [9.17, 15) is 4.79 Å². The second-order valence-electron chi connectivity index (χ2n) is 2.96. The number of ether oxygens (including phenoxy) is 3. The summed E-state index contributed by atoms with van der Waals surface area (Å²) in [5.41, 5.74) is 0.363. The Balaban J connectivity index is 4.02. The van der Waals surface area contributed by atoms with E-state index in [0.29, 0.717) is 22.5 Å². The number of rotatable bonds is 7. The van der Waals surface area contributed by atoms with E-state index in [-0.39, 0.29) is 6.61 Å². The molecule has 88 valence electrons. The van der Waals surface area contributed by atoms with Crippen LogP contribution in [-0.2, 0) is 23.4 Å². The fourth-order valence-electron chi connectivity index (χ4n) is 0.948. The molecule has 0 fully saturated rings. The zero-order chi connectivity index (χ0) is 11.9. The van der Waals surface area contributed by atoms with Gasteiger partial charge in [-0.25, -0.2) is 4.79 Å². The van der Waals surface area contributed by atoms with Gasteiger partial charge in [-0.3, -0.25) is 0 Å². The van der Waals surface area contributed by atoms with Crippen LogP contribution < -0.4 is 0 Å². The molecule has 0 aromatic carbocycles. The van der Waals surface area contributed by atoms with Crippen LogP contribution in [0.3, 0.4) is 0 Å². The van der Waals surface area contributed by atoms with Gasteiger partial charge in [0.05, 0.1) is 13.0 Å². The van der Waals surface area contributed by atoms with Crippen LogP contribution in [0.15, 0.2) is 12.2 Å². The molecule has 0 saturated heterocycles. The minimum atomic E-state index is -1.10. The van der Waals surface area contributed by atoms with Crippen molar-refractivity contribution in [1.82, 2.24) is 0 Å². The average Bonchev–Trinajstić information content (AvgIpc) is 2.24. The predicted octanol–water partition coefficient (Wildman–Crippen LogP) is -0.261. The third-order valence-electron chi connectivity index (χ3n) is 1.92. The number of carbonyl (C=O) groups is 1. The predicted molar refractivity (Wildman–Crippen MR) is 58.2 cm³/mol. The number of carbonyl (C=O) groups excluding carboxylic acids is 1. The van der Waals surface area contributed by atoms with Crippen molar-refractivity contribution in [2.75, 3.05) is 20.8 Å². The van der Waals surface area contributed by atoms with Crippen molar-refractivity contribution in [3.63, 3.8) is 0 Å². The maximum atomic E-state index is 11.1. The molecule has 0 aliphatic heterocycles. The smallest absolute Gasteiger partial charge is 0.333 e. The molecule has 0 aromatic heterocycles. The van der Waals surface area contributed by atoms with Gasteiger partial charge in [-0.1, -0.05) is 6.58 Å². The molecule has 5 nitrogen and oxygen atoms in total. The third-order valence-corrected chi connectivity index (χ3v) is 2.54. The normalized spacial score (nSPS) is 11.4. The van der Waals surface area contributed by atoms with Crippen LogP contribution in [-0.4, -0.2) is 43.3 Å². The van der Waals surface area contributed by atoms with Gasteiger partial charge >= 0.3 is 5.97 Å². The van der Waals surface area contributed by atoms with Crippen LogP contribution in [0.2, 0.25) is 0 Å². The van der Waals surface area contributed by atoms with Gasteiger partial charge in [-0.05, 0) is 6.92 Å². The molecular formula is C9H18O5Si. The molecule has 0 spiro atoms. The molecule has 0 bridgehead atoms. The van der Waals surface area contributed by atoms with E-state index < -0.39 is 11.9 Å². The highest BCUT2D eigenvalue weighted by Gasteiger charge is 2.28. The molecule has 0 atom stereocenters. The molecule has 0 N–H and O–H groups in total. The minimum absolute atomic E-state index is 0.162. The van der Waals surface area contributed by atoms with Crippen molar-refractivity contribution in [1.29, 1.82) is 0 Å². The van der Waals surface area contributed by atoms with Gasteiger partial charge in [0.15, 0.2) is 10.5 Å². The van der Waals surface area contributed by atoms with Crippen LogP contribution in [0.25, 0.3) is 0 Å². The summed E-state index contributed by atoms with van der Waals surface area (Å²) in [7, 11) is 3.42. The number of hydrogen-bond donors (Lipinski definition) is 0. The van der Waals surface area contributed by atoms with E-state index in [2.05, 4.69) is 6.58 Å². The lowest BCUT2D eigenvalue weighted by Crippen LogP contribution is -2.37. The summed E-state index contributed by atoms with van der Waals surface area (Å²) in [6.07, 6.45) is 0.322. The van der Waals surface area contributed by atoms with Crippen molar-refractivity contribution in [2.45, 2.75) is 19.3 Å². The van der Waals surface area contributed by atoms with E-state index in [1.165, 1.54) is 14.2 Å². The van der Waals surface area contributed by atoms with Crippen LogP contribution in [0, 0.1) is 0 Å². The summed E-state index contributed by atoms with van der Waals surface area (Å²) in [5.74, 6) is -1.52. The van der Waals surface area contributed by atoms with E-state index >= 15 is 0 Å². The Morgan fingerprint density at radius 3 is 2.27 bits per heavy atom. The van der Waals surface area contributed by atoms with E-state index in [0.717, 1.165) is 0 Å². The van der Waals surface area contributed by atoms with Gasteiger partial charge in [0.2, 0.25) is 0 Å². The minimum Gasteiger partial charge on any atom is -0.462 e. The van der Waals surface area contributed by atoms with Crippen LogP contribution in [0.1, 0.15) is 13.3 Å². The van der Waals surface area contributed by atoms with E-state index in [1.807, 2.05) is 0 Å². The standard InChI is InChI=1S/C9H18O5Si/c1-7(2)8(10)13-6-5-9(11-3,12-4)14-15/h1,5-6H2,2-4,15H3. The van der Waals surface area contributed by atoms with E-state index in [4.69, 9.17) is 18.6 Å². The SMILES string of the molecule is C=C(C)C(=O)OCCC(OC)(OC)O[SiH3]. The van der Waals surface area contributed by atoms with Gasteiger partial charge in [0.25, 0.3) is 5.97 Å². The van der Waals surface area contributed by atoms with Crippen molar-refractivity contribution in [3.05, 3.63) is 12.2 Å². The highest BCUT2D eigenvalue weighted by atomic mass is 28.2. The summed E-state index contributed by atoms with van der Waals surface area (Å²) >= 11 is 0. The van der Waals surface area contributed by atoms with Gasteiger partial charge in [0, 0.05) is 19.8 Å². The first-order chi connectivity index (χ1) is 7.01. The van der Waals surface area contributed by atoms with Gasteiger partial charge in [0.1, 0.15) is 0 Å². The summed E-state index contributed by atoms with van der Waals surface area (Å²) in [6.45, 7) is 5.22. The second-order valence-corrected chi connectivity index (χ2v) is 3.37. The summed E-state index contributed by atoms with van der Waals surface area (Å²) in [6, 6.07) is 0. The van der Waals surface area contributed by atoms with Crippen LogP contribution in [0.4, 0.5) is 0 Å². The fraction of sp³-hybridized carbons (Fsp3) is 0.667. The molecular weight excluding hydrogens is 216 g/mol. The molecule has 0 radical (unpaired) electrons. The van der Waals surface area contributed by atoms with Crippen LogP contribution >= 0.6 is 0 Å². The molecule has 0 rings (SSSR count). The van der Waals surface area contributed by atoms with Gasteiger partial charge in [-0.15, -0.1) is 0 Å². The quantitative estimate of drug-likeness (QED) is 0.263. The zero-order valence-corrected chi connectivity index (χ0v) is 11.7. The van der Waals surface area contributed by atoms with Crippen molar-refractivity contribution in [2.24, 2.45) is 0 Å². The summed E-state index contributed by atoms with van der Waals surface area (Å²) < 4.78 is 20.2. The topological polar surface area (TPSA) is 54.0 Å². The van der Waals surface area contributed by atoms with Crippen molar-refractivity contribution >= 4 is 16.5 Å². The molecule has 0 aliphatic rings. The Hall–Kier alpha value is -0.693. The Morgan fingerprint density at radius 1 is 1.40 bits per heavy atom. The maximum Gasteiger partial charge on any atom is 0.333 e.